The van der Waals surface area contributed by atoms with E-state index in [0.29, 0.717) is 19.3 Å². The Morgan fingerprint density at radius 2 is 1.84 bits per heavy atom. The van der Waals surface area contributed by atoms with Crippen LogP contribution in [0.15, 0.2) is 23.8 Å². The summed E-state index contributed by atoms with van der Waals surface area (Å²) in [7, 11) is 0. The van der Waals surface area contributed by atoms with E-state index in [9.17, 15) is 19.2 Å². The van der Waals surface area contributed by atoms with Gasteiger partial charge in [0.25, 0.3) is 0 Å². The average molecular weight is 564 g/mol. The van der Waals surface area contributed by atoms with Crippen LogP contribution in [0.3, 0.4) is 0 Å². The van der Waals surface area contributed by atoms with E-state index >= 15 is 0 Å². The van der Waals surface area contributed by atoms with Crippen molar-refractivity contribution in [3.8, 4) is 0 Å². The van der Waals surface area contributed by atoms with Gasteiger partial charge in [0.05, 0.1) is 0 Å². The maximum Gasteiger partial charge on any atom is 0.333 e. The van der Waals surface area contributed by atoms with Crippen LogP contribution in [0.25, 0.3) is 0 Å². The summed E-state index contributed by atoms with van der Waals surface area (Å²) in [6, 6.07) is -1.90. The van der Waals surface area contributed by atoms with Crippen LogP contribution in [0.2, 0.25) is 0 Å². The highest BCUT2D eigenvalue weighted by atomic mass is 127. The van der Waals surface area contributed by atoms with Crippen molar-refractivity contribution in [1.82, 2.24) is 0 Å². The van der Waals surface area contributed by atoms with Crippen molar-refractivity contribution in [3.63, 3.8) is 0 Å². The molecular weight excluding hydrogens is 527 g/mol. The monoisotopic (exact) mass is 564 g/mol. The number of carbonyl (C=O) groups excluding carboxylic acids is 3. The van der Waals surface area contributed by atoms with E-state index in [1.807, 2.05) is 32.1 Å². The number of Topliss-reactive ketones (excluding diaryl/α,β-unsaturated/α-hetero) is 2. The van der Waals surface area contributed by atoms with Gasteiger partial charge in [-0.1, -0.05) is 50.5 Å². The van der Waals surface area contributed by atoms with Gasteiger partial charge in [-0.25, -0.2) is 4.79 Å². The number of hydrogen-bond acceptors (Lipinski definition) is 7. The lowest BCUT2D eigenvalue weighted by molar-refractivity contribution is -0.142. The average Bonchev–Trinajstić information content (AvgIpc) is 3.02. The topological polar surface area (TPSA) is 150 Å². The normalized spacial score (nSPS) is 20.6. The van der Waals surface area contributed by atoms with Crippen molar-refractivity contribution in [2.24, 2.45) is 23.3 Å². The molecule has 0 aliphatic heterocycles. The molecule has 0 aromatic rings. The molecule has 0 aromatic carbocycles. The van der Waals surface area contributed by atoms with Crippen LogP contribution in [0, 0.1) is 11.8 Å². The number of carbonyl (C=O) groups is 4. The Kier molecular flexibility index (Phi) is 16.1. The number of rotatable bonds is 7. The number of aliphatic carboxylic acids is 1. The minimum Gasteiger partial charge on any atom is -0.480 e. The molecule has 2 aliphatic carbocycles. The molecule has 0 amide bonds. The van der Waals surface area contributed by atoms with Crippen LogP contribution in [-0.4, -0.2) is 40.7 Å². The van der Waals surface area contributed by atoms with Crippen LogP contribution < -0.4 is 11.5 Å². The predicted octanol–water partition coefficient (Wildman–Crippen LogP) is 3.65. The summed E-state index contributed by atoms with van der Waals surface area (Å²) in [6.07, 6.45) is 12.6. The molecule has 32 heavy (non-hydrogen) atoms. The molecule has 4 atom stereocenters. The summed E-state index contributed by atoms with van der Waals surface area (Å²) in [5.74, 6) is -2.65. The Balaban J connectivity index is 0.000000561. The number of carboxylic acids is 1. The number of allylic oxidation sites excluding steroid dienone is 4. The summed E-state index contributed by atoms with van der Waals surface area (Å²) in [4.78, 5) is 44.9. The molecule has 0 bridgehead atoms. The quantitative estimate of drug-likeness (QED) is 0.313. The first-order valence-corrected chi connectivity index (χ1v) is 12.0. The fourth-order valence-electron chi connectivity index (χ4n) is 3.55. The van der Waals surface area contributed by atoms with E-state index in [0.717, 1.165) is 37.7 Å². The fourth-order valence-corrected chi connectivity index (χ4v) is 3.84. The smallest absolute Gasteiger partial charge is 0.333 e. The first kappa shape index (κ1) is 30.4. The third-order valence-electron chi connectivity index (χ3n) is 5.40. The Bertz CT molecular complexity index is 692. The van der Waals surface area contributed by atoms with E-state index in [4.69, 9.17) is 16.6 Å². The van der Waals surface area contributed by atoms with Crippen LogP contribution in [0.5, 0.6) is 0 Å². The van der Waals surface area contributed by atoms with E-state index in [-0.39, 0.29) is 17.5 Å². The van der Waals surface area contributed by atoms with Gasteiger partial charge in [-0.3, -0.25) is 14.4 Å². The zero-order chi connectivity index (χ0) is 24.7. The zero-order valence-electron chi connectivity index (χ0n) is 19.2. The van der Waals surface area contributed by atoms with E-state index in [1.54, 1.807) is 0 Å². The van der Waals surface area contributed by atoms with Gasteiger partial charge in [0.1, 0.15) is 23.7 Å². The second-order valence-corrected chi connectivity index (χ2v) is 8.08. The van der Waals surface area contributed by atoms with Gasteiger partial charge in [-0.05, 0) is 39.0 Å². The molecule has 5 N–H and O–H groups in total. The van der Waals surface area contributed by atoms with Gasteiger partial charge in [-0.15, -0.1) is 0 Å². The van der Waals surface area contributed by atoms with E-state index in [1.165, 1.54) is 29.9 Å². The molecule has 0 saturated heterocycles. The Hall–Kier alpha value is -1.59. The maximum absolute atomic E-state index is 11.6. The predicted molar refractivity (Wildman–Crippen MR) is 132 cm³/mol. The lowest BCUT2D eigenvalue weighted by Crippen LogP contribution is -2.41. The van der Waals surface area contributed by atoms with Crippen LogP contribution in [-0.2, 0) is 22.2 Å². The minimum atomic E-state index is -1.12. The molecule has 9 heteroatoms. The lowest BCUT2D eigenvalue weighted by Gasteiger charge is -2.19. The Labute approximate surface area is 204 Å². The third-order valence-corrected chi connectivity index (χ3v) is 5.84. The Morgan fingerprint density at radius 1 is 1.19 bits per heavy atom. The zero-order valence-corrected chi connectivity index (χ0v) is 21.4. The van der Waals surface area contributed by atoms with Crippen molar-refractivity contribution in [2.75, 3.05) is 0 Å². The Morgan fingerprint density at radius 3 is 2.34 bits per heavy atom. The van der Waals surface area contributed by atoms with Crippen LogP contribution in [0.4, 0.5) is 0 Å². The summed E-state index contributed by atoms with van der Waals surface area (Å²) in [6.45, 7) is 5.39. The molecule has 0 unspecified atom stereocenters. The van der Waals surface area contributed by atoms with E-state index in [2.05, 4.69) is 3.07 Å². The molecular formula is C23H37IN2O6. The largest absolute Gasteiger partial charge is 0.480 e. The van der Waals surface area contributed by atoms with Gasteiger partial charge in [0, 0.05) is 18.3 Å². The standard InChI is InChI=1S/C12H17NO3.C9H14INO3.C2H6/c1-8(14)10(11(13)12(15)16)7-9-5-3-2-4-6-9;10-14-9(13)8(11)6-4-2-1-3-5-7(6)12;1-2/h3,5-6,10-11H,2,4,7,13H2,1H3,(H,15,16);6,8H,1-5,11H2;1-2H3/t10-,11-;6-,8-;/m00./s1. The summed E-state index contributed by atoms with van der Waals surface area (Å²) >= 11 is 1.50. The number of nitrogens with two attached hydrogens (primary N) is 2. The second-order valence-electron chi connectivity index (χ2n) is 7.64. The van der Waals surface area contributed by atoms with Gasteiger partial charge in [-0.2, -0.15) is 0 Å². The highest BCUT2D eigenvalue weighted by molar-refractivity contribution is 14.1. The molecule has 0 spiro atoms. The molecule has 182 valence electrons. The van der Waals surface area contributed by atoms with Crippen molar-refractivity contribution < 1.29 is 27.4 Å². The third kappa shape index (κ3) is 10.8. The van der Waals surface area contributed by atoms with Gasteiger partial charge in [0.2, 0.25) is 0 Å². The van der Waals surface area contributed by atoms with Gasteiger partial charge < -0.3 is 19.6 Å². The van der Waals surface area contributed by atoms with Crippen molar-refractivity contribution in [2.45, 2.75) is 84.2 Å². The lowest BCUT2D eigenvalue weighted by atomic mass is 9.87. The summed E-state index contributed by atoms with van der Waals surface area (Å²) in [5, 5.41) is 8.82. The molecule has 0 heterocycles. The SMILES string of the molecule is CC.CC(=O)[C@H](CC1=CCCC=C1)[C@H](N)C(=O)O.N[C@H](C(=O)OI)[C@H]1CCCCCC1=O. The summed E-state index contributed by atoms with van der Waals surface area (Å²) in [5.41, 5.74) is 12.2. The van der Waals surface area contributed by atoms with E-state index < -0.39 is 29.9 Å². The molecule has 0 aromatic heterocycles. The molecule has 2 rings (SSSR count). The molecule has 1 saturated carbocycles. The van der Waals surface area contributed by atoms with Crippen molar-refractivity contribution >= 4 is 46.5 Å². The van der Waals surface area contributed by atoms with Gasteiger partial charge >= 0.3 is 11.9 Å². The number of carboxylic acid groups (broad SMARTS) is 1. The summed E-state index contributed by atoms with van der Waals surface area (Å²) < 4.78 is 4.51. The second kappa shape index (κ2) is 17.0. The van der Waals surface area contributed by atoms with Crippen molar-refractivity contribution in [1.29, 1.82) is 0 Å². The molecule has 0 radical (unpaired) electrons. The fraction of sp³-hybridized carbons (Fsp3) is 0.652. The number of ketones is 2. The minimum absolute atomic E-state index is 0.108. The molecule has 1 fully saturated rings. The van der Waals surface area contributed by atoms with Crippen molar-refractivity contribution in [3.05, 3.63) is 23.8 Å². The first-order chi connectivity index (χ1) is 15.2. The number of halogens is 1. The highest BCUT2D eigenvalue weighted by Crippen LogP contribution is 2.23. The van der Waals surface area contributed by atoms with Gasteiger partial charge in [0.15, 0.2) is 23.0 Å². The van der Waals surface area contributed by atoms with Crippen LogP contribution in [0.1, 0.15) is 72.1 Å². The van der Waals surface area contributed by atoms with Crippen LogP contribution >= 0.6 is 23.0 Å². The number of hydrogen-bond donors (Lipinski definition) is 3. The molecule has 2 aliphatic rings. The maximum atomic E-state index is 11.6. The highest BCUT2D eigenvalue weighted by Gasteiger charge is 2.32. The molecule has 8 nitrogen and oxygen atoms in total. The first-order valence-electron chi connectivity index (χ1n) is 11.1.